The molecule has 1 heterocycles. The third-order valence-electron chi connectivity index (χ3n) is 5.65. The van der Waals surface area contributed by atoms with Crippen LogP contribution in [0.3, 0.4) is 0 Å². The van der Waals surface area contributed by atoms with E-state index in [9.17, 15) is 14.7 Å². The van der Waals surface area contributed by atoms with Crippen LogP contribution in [-0.2, 0) is 16.0 Å². The van der Waals surface area contributed by atoms with E-state index >= 15 is 0 Å². The molecule has 1 saturated heterocycles. The third-order valence-corrected chi connectivity index (χ3v) is 5.65. The SMILES string of the molecule is C[C@@H](NC(=O)Cc1ccc(OC(C)(C)C(=O)O)cc1)c1ccccc1N1CCCCC1. The number of anilines is 1. The normalized spacial score (nSPS) is 15.3. The van der Waals surface area contributed by atoms with E-state index < -0.39 is 11.6 Å². The highest BCUT2D eigenvalue weighted by Gasteiger charge is 2.29. The highest BCUT2D eigenvalue weighted by molar-refractivity contribution is 5.79. The van der Waals surface area contributed by atoms with Gasteiger partial charge in [-0.05, 0) is 69.4 Å². The highest BCUT2D eigenvalue weighted by Crippen LogP contribution is 2.28. The monoisotopic (exact) mass is 424 g/mol. The van der Waals surface area contributed by atoms with Gasteiger partial charge < -0.3 is 20.1 Å². The van der Waals surface area contributed by atoms with E-state index in [0.29, 0.717) is 5.75 Å². The first-order chi connectivity index (χ1) is 14.8. The molecule has 0 aromatic heterocycles. The largest absolute Gasteiger partial charge is 0.478 e. The Labute approximate surface area is 184 Å². The quantitative estimate of drug-likeness (QED) is 0.659. The molecule has 1 atom stereocenters. The fourth-order valence-electron chi connectivity index (χ4n) is 3.85. The van der Waals surface area contributed by atoms with E-state index in [1.165, 1.54) is 38.8 Å². The minimum atomic E-state index is -1.31. The summed E-state index contributed by atoms with van der Waals surface area (Å²) in [4.78, 5) is 26.3. The lowest BCUT2D eigenvalue weighted by molar-refractivity contribution is -0.152. The molecule has 1 amide bonds. The zero-order chi connectivity index (χ0) is 22.4. The number of para-hydroxylation sites is 1. The second kappa shape index (κ2) is 9.86. The van der Waals surface area contributed by atoms with Crippen LogP contribution in [0.25, 0.3) is 0 Å². The molecule has 166 valence electrons. The van der Waals surface area contributed by atoms with Gasteiger partial charge in [-0.2, -0.15) is 0 Å². The summed E-state index contributed by atoms with van der Waals surface area (Å²) >= 11 is 0. The molecule has 0 radical (unpaired) electrons. The zero-order valence-corrected chi connectivity index (χ0v) is 18.6. The summed E-state index contributed by atoms with van der Waals surface area (Å²) < 4.78 is 5.51. The summed E-state index contributed by atoms with van der Waals surface area (Å²) in [5, 5.41) is 12.3. The minimum Gasteiger partial charge on any atom is -0.478 e. The number of carbonyl (C=O) groups excluding carboxylic acids is 1. The maximum absolute atomic E-state index is 12.7. The molecule has 0 unspecified atom stereocenters. The molecule has 0 bridgehead atoms. The summed E-state index contributed by atoms with van der Waals surface area (Å²) in [7, 11) is 0. The average molecular weight is 425 g/mol. The summed E-state index contributed by atoms with van der Waals surface area (Å²) in [6.07, 6.45) is 3.94. The van der Waals surface area contributed by atoms with E-state index in [0.717, 1.165) is 24.2 Å². The van der Waals surface area contributed by atoms with Crippen LogP contribution in [0, 0.1) is 0 Å². The number of hydrogen-bond acceptors (Lipinski definition) is 4. The Balaban J connectivity index is 1.60. The molecule has 0 saturated carbocycles. The van der Waals surface area contributed by atoms with Gasteiger partial charge in [-0.15, -0.1) is 0 Å². The Bertz CT molecular complexity index is 902. The molecule has 1 aliphatic rings. The number of benzene rings is 2. The molecule has 1 fully saturated rings. The molecule has 1 aliphatic heterocycles. The Morgan fingerprint density at radius 3 is 2.35 bits per heavy atom. The van der Waals surface area contributed by atoms with Crippen molar-refractivity contribution in [2.24, 2.45) is 0 Å². The molecule has 31 heavy (non-hydrogen) atoms. The number of ether oxygens (including phenoxy) is 1. The number of carbonyl (C=O) groups is 2. The Morgan fingerprint density at radius 2 is 1.71 bits per heavy atom. The first-order valence-electron chi connectivity index (χ1n) is 10.9. The number of carboxylic acid groups (broad SMARTS) is 1. The maximum atomic E-state index is 12.7. The first kappa shape index (κ1) is 22.7. The highest BCUT2D eigenvalue weighted by atomic mass is 16.5. The second-order valence-corrected chi connectivity index (χ2v) is 8.63. The van der Waals surface area contributed by atoms with Gasteiger partial charge in [-0.25, -0.2) is 4.79 Å². The molecule has 6 nitrogen and oxygen atoms in total. The van der Waals surface area contributed by atoms with Crippen LogP contribution >= 0.6 is 0 Å². The molecular weight excluding hydrogens is 392 g/mol. The Kier molecular flexibility index (Phi) is 7.21. The van der Waals surface area contributed by atoms with Crippen molar-refractivity contribution >= 4 is 17.6 Å². The number of aliphatic carboxylic acids is 1. The number of carboxylic acids is 1. The van der Waals surface area contributed by atoms with Crippen LogP contribution in [0.15, 0.2) is 48.5 Å². The lowest BCUT2D eigenvalue weighted by Crippen LogP contribution is -2.37. The summed E-state index contributed by atoms with van der Waals surface area (Å²) in [5.41, 5.74) is 1.88. The van der Waals surface area contributed by atoms with Gasteiger partial charge in [0.05, 0.1) is 12.5 Å². The number of piperidine rings is 1. The van der Waals surface area contributed by atoms with Crippen LogP contribution in [0.1, 0.15) is 57.2 Å². The standard InChI is InChI=1S/C25H32N2O4/c1-18(21-9-5-6-10-22(21)27-15-7-4-8-16-27)26-23(28)17-19-11-13-20(14-12-19)31-25(2,3)24(29)30/h5-6,9-14,18H,4,7-8,15-17H2,1-3H3,(H,26,28)(H,29,30)/t18-/m1/s1. The first-order valence-corrected chi connectivity index (χ1v) is 10.9. The number of nitrogens with zero attached hydrogens (tertiary/aromatic N) is 1. The molecule has 0 spiro atoms. The van der Waals surface area contributed by atoms with Crippen molar-refractivity contribution < 1.29 is 19.4 Å². The number of nitrogens with one attached hydrogen (secondary N) is 1. The van der Waals surface area contributed by atoms with Crippen LogP contribution in [0.5, 0.6) is 5.75 Å². The van der Waals surface area contributed by atoms with Crippen LogP contribution in [-0.4, -0.2) is 35.7 Å². The van der Waals surface area contributed by atoms with Gasteiger partial charge in [0.1, 0.15) is 5.75 Å². The predicted molar refractivity (Wildman–Crippen MR) is 122 cm³/mol. The zero-order valence-electron chi connectivity index (χ0n) is 18.6. The molecular formula is C25H32N2O4. The molecule has 6 heteroatoms. The lowest BCUT2D eigenvalue weighted by atomic mass is 10.0. The van der Waals surface area contributed by atoms with Gasteiger partial charge in [0, 0.05) is 18.8 Å². The van der Waals surface area contributed by atoms with Crippen molar-refractivity contribution in [1.82, 2.24) is 5.32 Å². The van der Waals surface area contributed by atoms with E-state index in [2.05, 4.69) is 28.4 Å². The Morgan fingerprint density at radius 1 is 1.06 bits per heavy atom. The molecule has 2 aromatic carbocycles. The van der Waals surface area contributed by atoms with E-state index in [1.807, 2.05) is 13.0 Å². The maximum Gasteiger partial charge on any atom is 0.347 e. The molecule has 2 N–H and O–H groups in total. The smallest absolute Gasteiger partial charge is 0.347 e. The van der Waals surface area contributed by atoms with Gasteiger partial charge >= 0.3 is 5.97 Å². The second-order valence-electron chi connectivity index (χ2n) is 8.63. The van der Waals surface area contributed by atoms with Crippen molar-refractivity contribution in [1.29, 1.82) is 0 Å². The summed E-state index contributed by atoms with van der Waals surface area (Å²) in [6.45, 7) is 7.14. The van der Waals surface area contributed by atoms with E-state index in [-0.39, 0.29) is 18.4 Å². The third kappa shape index (κ3) is 6.00. The van der Waals surface area contributed by atoms with Crippen LogP contribution < -0.4 is 15.0 Å². The predicted octanol–water partition coefficient (Wildman–Crippen LogP) is 4.34. The minimum absolute atomic E-state index is 0.0551. The van der Waals surface area contributed by atoms with Crippen molar-refractivity contribution in [2.75, 3.05) is 18.0 Å². The van der Waals surface area contributed by atoms with Crippen molar-refractivity contribution in [3.63, 3.8) is 0 Å². The van der Waals surface area contributed by atoms with Crippen molar-refractivity contribution in [3.05, 3.63) is 59.7 Å². The number of rotatable bonds is 8. The lowest BCUT2D eigenvalue weighted by Gasteiger charge is -2.32. The van der Waals surface area contributed by atoms with Crippen LogP contribution in [0.2, 0.25) is 0 Å². The van der Waals surface area contributed by atoms with Gasteiger partial charge in [0.25, 0.3) is 0 Å². The van der Waals surface area contributed by atoms with Gasteiger partial charge in [0.2, 0.25) is 5.91 Å². The van der Waals surface area contributed by atoms with Crippen molar-refractivity contribution in [2.45, 2.75) is 58.1 Å². The average Bonchev–Trinajstić information content (AvgIpc) is 2.75. The fraction of sp³-hybridized carbons (Fsp3) is 0.440. The van der Waals surface area contributed by atoms with Gasteiger partial charge in [-0.1, -0.05) is 30.3 Å². The van der Waals surface area contributed by atoms with E-state index in [4.69, 9.17) is 4.74 Å². The van der Waals surface area contributed by atoms with Gasteiger partial charge in [0.15, 0.2) is 5.60 Å². The summed E-state index contributed by atoms with van der Waals surface area (Å²) in [5.74, 6) is -0.629. The molecule has 2 aromatic rings. The fourth-order valence-corrected chi connectivity index (χ4v) is 3.85. The summed E-state index contributed by atoms with van der Waals surface area (Å²) in [6, 6.07) is 15.2. The number of hydrogen-bond donors (Lipinski definition) is 2. The molecule has 3 rings (SSSR count). The van der Waals surface area contributed by atoms with E-state index in [1.54, 1.807) is 24.3 Å². The van der Waals surface area contributed by atoms with Crippen LogP contribution in [0.4, 0.5) is 5.69 Å². The topological polar surface area (TPSA) is 78.9 Å². The van der Waals surface area contributed by atoms with Gasteiger partial charge in [-0.3, -0.25) is 4.79 Å². The Hall–Kier alpha value is -3.02. The molecule has 0 aliphatic carbocycles. The van der Waals surface area contributed by atoms with Crippen molar-refractivity contribution in [3.8, 4) is 5.75 Å². The number of amides is 1.